The Hall–Kier alpha value is -2.43. The number of thiophene rings is 1. The molecule has 1 unspecified atom stereocenters. The topological polar surface area (TPSA) is 93.1 Å². The van der Waals surface area contributed by atoms with Gasteiger partial charge in [0, 0.05) is 31.5 Å². The minimum absolute atomic E-state index is 0.0360. The van der Waals surface area contributed by atoms with Crippen LogP contribution in [0.25, 0.3) is 10.7 Å². The second kappa shape index (κ2) is 9.60. The van der Waals surface area contributed by atoms with Gasteiger partial charge in [0.25, 0.3) is 5.91 Å². The molecule has 168 valence electrons. The third kappa shape index (κ3) is 4.53. The highest BCUT2D eigenvalue weighted by atomic mass is 32.2. The largest absolute Gasteiger partial charge is 0.376 e. The summed E-state index contributed by atoms with van der Waals surface area (Å²) in [6.45, 7) is 3.03. The van der Waals surface area contributed by atoms with Crippen LogP contribution in [0.4, 0.5) is 0 Å². The van der Waals surface area contributed by atoms with Gasteiger partial charge in [-0.25, -0.2) is 0 Å². The fraction of sp³-hybridized carbons (Fsp3) is 0.455. The number of aromatic amines is 1. The predicted octanol–water partition coefficient (Wildman–Crippen LogP) is 3.72. The molecule has 1 N–H and O–H groups in total. The van der Waals surface area contributed by atoms with Crippen molar-refractivity contribution in [1.29, 1.82) is 0 Å². The zero-order valence-electron chi connectivity index (χ0n) is 17.7. The summed E-state index contributed by atoms with van der Waals surface area (Å²) in [6, 6.07) is 5.69. The van der Waals surface area contributed by atoms with Crippen LogP contribution in [-0.2, 0) is 11.3 Å². The lowest BCUT2D eigenvalue weighted by molar-refractivity contribution is 0.0787. The standard InChI is InChI=1S/C22H25N5O3S2/c28-18(15-11-17(23-12-15)21(29)26-7-1-2-8-26)14-32-22-25-24-20(19-6-4-10-31-19)27(22)13-16-5-3-9-30-16/h4,6,10-12,16,23H,1-3,5,7-9,13-14H2. The average Bonchev–Trinajstić information content (AvgIpc) is 3.62. The molecule has 0 bridgehead atoms. The first-order valence-corrected chi connectivity index (χ1v) is 12.8. The molecule has 1 atom stereocenters. The van der Waals surface area contributed by atoms with Gasteiger partial charge in [0.2, 0.25) is 0 Å². The van der Waals surface area contributed by atoms with E-state index >= 15 is 0 Å². The van der Waals surface area contributed by atoms with Crippen LogP contribution in [0.1, 0.15) is 46.5 Å². The summed E-state index contributed by atoms with van der Waals surface area (Å²) in [4.78, 5) is 31.2. The summed E-state index contributed by atoms with van der Waals surface area (Å²) >= 11 is 2.99. The molecule has 2 aliphatic rings. The number of amides is 1. The van der Waals surface area contributed by atoms with Gasteiger partial charge in [-0.15, -0.1) is 21.5 Å². The molecule has 3 aromatic rings. The highest BCUT2D eigenvalue weighted by Gasteiger charge is 2.24. The Morgan fingerprint density at radius 2 is 2.12 bits per heavy atom. The molecule has 0 aliphatic carbocycles. The second-order valence-corrected chi connectivity index (χ2v) is 9.93. The Labute approximate surface area is 194 Å². The van der Waals surface area contributed by atoms with E-state index in [1.54, 1.807) is 23.6 Å². The van der Waals surface area contributed by atoms with Crippen LogP contribution in [0.3, 0.4) is 0 Å². The molecule has 5 rings (SSSR count). The second-order valence-electron chi connectivity index (χ2n) is 8.04. The SMILES string of the molecule is O=C(CSc1nnc(-c2cccs2)n1CC1CCCO1)c1c[nH]c(C(=O)N2CCCC2)c1. The third-order valence-electron chi connectivity index (χ3n) is 5.83. The molecule has 0 aromatic carbocycles. The molecular weight excluding hydrogens is 446 g/mol. The summed E-state index contributed by atoms with van der Waals surface area (Å²) in [5.74, 6) is 0.955. The van der Waals surface area contributed by atoms with Crippen LogP contribution in [0.15, 0.2) is 34.9 Å². The van der Waals surface area contributed by atoms with Gasteiger partial charge in [-0.1, -0.05) is 17.8 Å². The smallest absolute Gasteiger partial charge is 0.270 e. The number of thioether (sulfide) groups is 1. The molecule has 0 saturated carbocycles. The number of carbonyl (C=O) groups excluding carboxylic acids is 2. The fourth-order valence-corrected chi connectivity index (χ4v) is 5.68. The van der Waals surface area contributed by atoms with Crippen molar-refractivity contribution in [3.05, 3.63) is 41.0 Å². The third-order valence-corrected chi connectivity index (χ3v) is 7.66. The molecule has 2 fully saturated rings. The van der Waals surface area contributed by atoms with Crippen LogP contribution >= 0.6 is 23.1 Å². The van der Waals surface area contributed by atoms with Crippen LogP contribution in [0, 0.1) is 0 Å². The van der Waals surface area contributed by atoms with Crippen LogP contribution in [0.5, 0.6) is 0 Å². The molecule has 3 aromatic heterocycles. The lowest BCUT2D eigenvalue weighted by atomic mass is 10.2. The highest BCUT2D eigenvalue weighted by Crippen LogP contribution is 2.29. The molecule has 1 amide bonds. The molecule has 0 radical (unpaired) electrons. The number of nitrogens with zero attached hydrogens (tertiary/aromatic N) is 4. The number of H-pyrrole nitrogens is 1. The van der Waals surface area contributed by atoms with E-state index in [1.165, 1.54) is 11.8 Å². The highest BCUT2D eigenvalue weighted by molar-refractivity contribution is 7.99. The molecule has 0 spiro atoms. The Kier molecular flexibility index (Phi) is 6.42. The van der Waals surface area contributed by atoms with Gasteiger partial charge in [0.1, 0.15) is 5.69 Å². The minimum atomic E-state index is -0.0453. The van der Waals surface area contributed by atoms with Crippen molar-refractivity contribution in [1.82, 2.24) is 24.6 Å². The quantitative estimate of drug-likeness (QED) is 0.398. The van der Waals surface area contributed by atoms with E-state index in [0.29, 0.717) is 23.0 Å². The number of aromatic nitrogens is 4. The van der Waals surface area contributed by atoms with E-state index in [9.17, 15) is 9.59 Å². The molecular formula is C22H25N5O3S2. The normalized spacial score (nSPS) is 18.5. The number of rotatable bonds is 8. The Morgan fingerprint density at radius 1 is 1.25 bits per heavy atom. The van der Waals surface area contributed by atoms with Gasteiger partial charge in [-0.05, 0) is 43.2 Å². The number of ketones is 1. The number of ether oxygens (including phenoxy) is 1. The lowest BCUT2D eigenvalue weighted by Gasteiger charge is -2.14. The number of hydrogen-bond donors (Lipinski definition) is 1. The van der Waals surface area contributed by atoms with Gasteiger partial charge >= 0.3 is 0 Å². The first kappa shape index (κ1) is 21.4. The predicted molar refractivity (Wildman–Crippen MR) is 123 cm³/mol. The van der Waals surface area contributed by atoms with Crippen molar-refractivity contribution in [2.24, 2.45) is 0 Å². The maximum absolute atomic E-state index is 12.8. The number of likely N-dealkylation sites (tertiary alicyclic amines) is 1. The van der Waals surface area contributed by atoms with E-state index in [2.05, 4.69) is 19.7 Å². The maximum atomic E-state index is 12.8. The molecule has 2 aliphatic heterocycles. The van der Waals surface area contributed by atoms with E-state index in [-0.39, 0.29) is 23.5 Å². The van der Waals surface area contributed by atoms with Crippen molar-refractivity contribution >= 4 is 34.8 Å². The molecule has 32 heavy (non-hydrogen) atoms. The van der Waals surface area contributed by atoms with E-state index < -0.39 is 0 Å². The summed E-state index contributed by atoms with van der Waals surface area (Å²) in [5, 5.41) is 11.5. The number of hydrogen-bond acceptors (Lipinski definition) is 7. The van der Waals surface area contributed by atoms with Crippen molar-refractivity contribution in [2.75, 3.05) is 25.4 Å². The van der Waals surface area contributed by atoms with Crippen LogP contribution in [0.2, 0.25) is 0 Å². The van der Waals surface area contributed by atoms with E-state index in [0.717, 1.165) is 56.1 Å². The summed E-state index contributed by atoms with van der Waals surface area (Å²) in [6.07, 6.45) is 5.92. The van der Waals surface area contributed by atoms with E-state index in [1.807, 2.05) is 22.4 Å². The average molecular weight is 472 g/mol. The van der Waals surface area contributed by atoms with Gasteiger partial charge < -0.3 is 14.6 Å². The van der Waals surface area contributed by atoms with Crippen molar-refractivity contribution in [3.8, 4) is 10.7 Å². The van der Waals surface area contributed by atoms with Crippen LogP contribution in [-0.4, -0.2) is 67.9 Å². The van der Waals surface area contributed by atoms with Crippen molar-refractivity contribution in [3.63, 3.8) is 0 Å². The summed E-state index contributed by atoms with van der Waals surface area (Å²) in [5.41, 5.74) is 0.991. The minimum Gasteiger partial charge on any atom is -0.376 e. The van der Waals surface area contributed by atoms with Gasteiger partial charge in [0.05, 0.1) is 23.3 Å². The molecule has 10 heteroatoms. The maximum Gasteiger partial charge on any atom is 0.270 e. The molecule has 2 saturated heterocycles. The van der Waals surface area contributed by atoms with Gasteiger partial charge in [-0.3, -0.25) is 14.2 Å². The van der Waals surface area contributed by atoms with Crippen LogP contribution < -0.4 is 0 Å². The van der Waals surface area contributed by atoms with E-state index in [4.69, 9.17) is 4.74 Å². The zero-order chi connectivity index (χ0) is 21.9. The number of nitrogens with one attached hydrogen (secondary N) is 1. The Bertz CT molecular complexity index is 1080. The molecule has 5 heterocycles. The lowest BCUT2D eigenvalue weighted by Crippen LogP contribution is -2.27. The van der Waals surface area contributed by atoms with Crippen molar-refractivity contribution in [2.45, 2.75) is 43.5 Å². The monoisotopic (exact) mass is 471 g/mol. The summed E-state index contributed by atoms with van der Waals surface area (Å²) < 4.78 is 7.90. The number of Topliss-reactive ketones (excluding diaryl/α,β-unsaturated/α-hetero) is 1. The number of carbonyl (C=O) groups is 2. The first-order chi connectivity index (χ1) is 15.7. The fourth-order valence-electron chi connectivity index (χ4n) is 4.12. The summed E-state index contributed by atoms with van der Waals surface area (Å²) in [7, 11) is 0. The Balaban J connectivity index is 1.28. The van der Waals surface area contributed by atoms with Gasteiger partial charge in [0.15, 0.2) is 16.8 Å². The van der Waals surface area contributed by atoms with Crippen molar-refractivity contribution < 1.29 is 14.3 Å². The Morgan fingerprint density at radius 3 is 2.88 bits per heavy atom. The zero-order valence-corrected chi connectivity index (χ0v) is 19.3. The first-order valence-electron chi connectivity index (χ1n) is 10.9. The molecule has 8 nitrogen and oxygen atoms in total. The van der Waals surface area contributed by atoms with Gasteiger partial charge in [-0.2, -0.15) is 0 Å².